The molecule has 5 rings (SSSR count). The standard InChI is InChI=1S/C36H46N4O4/c41-33-20-16-29(17-21-33)37-35(43)39(31-12-5-1-2-6-13-31)25-27-10-9-11-28(24-27)26-40(32-14-7-3-4-8-15-32)36(44)38-30-18-22-34(42)23-19-30/h9-11,16-24,31-32,41-42H,1-8,12-15,25-26H2,(H,37,43)(H,38,44). The van der Waals surface area contributed by atoms with Gasteiger partial charge in [0.15, 0.2) is 0 Å². The van der Waals surface area contributed by atoms with E-state index in [2.05, 4.69) is 28.8 Å². The summed E-state index contributed by atoms with van der Waals surface area (Å²) in [6.45, 7) is 0.955. The number of phenols is 2. The summed E-state index contributed by atoms with van der Waals surface area (Å²) in [4.78, 5) is 31.3. The molecule has 0 radical (unpaired) electrons. The van der Waals surface area contributed by atoms with E-state index in [4.69, 9.17) is 0 Å². The molecule has 2 aliphatic rings. The van der Waals surface area contributed by atoms with Crippen LogP contribution in [-0.2, 0) is 13.1 Å². The number of phenolic OH excluding ortho intramolecular Hbond substituents is 2. The third-order valence-corrected chi connectivity index (χ3v) is 8.99. The smallest absolute Gasteiger partial charge is 0.322 e. The molecular weight excluding hydrogens is 552 g/mol. The highest BCUT2D eigenvalue weighted by atomic mass is 16.3. The van der Waals surface area contributed by atoms with Gasteiger partial charge in [0.05, 0.1) is 0 Å². The van der Waals surface area contributed by atoms with E-state index < -0.39 is 0 Å². The molecule has 0 spiro atoms. The van der Waals surface area contributed by atoms with Gasteiger partial charge in [0.2, 0.25) is 0 Å². The van der Waals surface area contributed by atoms with Crippen LogP contribution in [0.4, 0.5) is 21.0 Å². The van der Waals surface area contributed by atoms with Crippen molar-refractivity contribution < 1.29 is 19.8 Å². The van der Waals surface area contributed by atoms with E-state index in [1.807, 2.05) is 15.9 Å². The molecule has 0 heterocycles. The molecule has 44 heavy (non-hydrogen) atoms. The first-order chi connectivity index (χ1) is 21.4. The summed E-state index contributed by atoms with van der Waals surface area (Å²) < 4.78 is 0. The zero-order valence-electron chi connectivity index (χ0n) is 25.6. The lowest BCUT2D eigenvalue weighted by atomic mass is 10.0. The molecule has 234 valence electrons. The first-order valence-corrected chi connectivity index (χ1v) is 16.3. The molecule has 0 atom stereocenters. The Kier molecular flexibility index (Phi) is 11.0. The molecule has 2 saturated carbocycles. The Labute approximate surface area is 261 Å². The van der Waals surface area contributed by atoms with Crippen molar-refractivity contribution in [3.63, 3.8) is 0 Å². The summed E-state index contributed by atoms with van der Waals surface area (Å²) >= 11 is 0. The highest BCUT2D eigenvalue weighted by Crippen LogP contribution is 2.27. The highest BCUT2D eigenvalue weighted by Gasteiger charge is 2.27. The summed E-state index contributed by atoms with van der Waals surface area (Å²) in [5.74, 6) is 0.324. The molecule has 2 fully saturated rings. The minimum absolute atomic E-state index is 0.138. The molecule has 0 unspecified atom stereocenters. The van der Waals surface area contributed by atoms with Crippen molar-refractivity contribution in [1.29, 1.82) is 0 Å². The Bertz CT molecular complexity index is 1240. The predicted octanol–water partition coefficient (Wildman–Crippen LogP) is 8.61. The summed E-state index contributed by atoms with van der Waals surface area (Å²) in [6.07, 6.45) is 13.2. The number of carbonyl (C=O) groups is 2. The molecule has 0 aromatic heterocycles. The van der Waals surface area contributed by atoms with Crippen molar-refractivity contribution in [1.82, 2.24) is 9.80 Å². The summed E-state index contributed by atoms with van der Waals surface area (Å²) in [7, 11) is 0. The van der Waals surface area contributed by atoms with Crippen LogP contribution in [0.5, 0.6) is 11.5 Å². The Morgan fingerprint density at radius 2 is 0.932 bits per heavy atom. The van der Waals surface area contributed by atoms with E-state index in [0.717, 1.165) is 62.5 Å². The number of amides is 4. The lowest BCUT2D eigenvalue weighted by Crippen LogP contribution is -2.42. The van der Waals surface area contributed by atoms with Crippen molar-refractivity contribution in [2.75, 3.05) is 10.6 Å². The predicted molar refractivity (Wildman–Crippen MR) is 175 cm³/mol. The molecule has 8 nitrogen and oxygen atoms in total. The largest absolute Gasteiger partial charge is 0.508 e. The fraction of sp³-hybridized carbons (Fsp3) is 0.444. The van der Waals surface area contributed by atoms with Crippen LogP contribution in [0.15, 0.2) is 72.8 Å². The number of benzene rings is 3. The van der Waals surface area contributed by atoms with Crippen LogP contribution >= 0.6 is 0 Å². The third-order valence-electron chi connectivity index (χ3n) is 8.99. The number of carbonyl (C=O) groups excluding carboxylic acids is 2. The van der Waals surface area contributed by atoms with Gasteiger partial charge in [0.1, 0.15) is 11.5 Å². The van der Waals surface area contributed by atoms with Crippen LogP contribution in [0.2, 0.25) is 0 Å². The number of anilines is 2. The van der Waals surface area contributed by atoms with Gasteiger partial charge in [-0.3, -0.25) is 0 Å². The zero-order valence-corrected chi connectivity index (χ0v) is 25.6. The summed E-state index contributed by atoms with van der Waals surface area (Å²) in [5.41, 5.74) is 3.37. The van der Waals surface area contributed by atoms with E-state index in [1.54, 1.807) is 48.5 Å². The number of hydrogen-bond donors (Lipinski definition) is 4. The molecule has 0 saturated heterocycles. The van der Waals surface area contributed by atoms with Gasteiger partial charge in [0.25, 0.3) is 0 Å². The highest BCUT2D eigenvalue weighted by molar-refractivity contribution is 5.90. The number of nitrogens with zero attached hydrogens (tertiary/aromatic N) is 2. The summed E-state index contributed by atoms with van der Waals surface area (Å²) in [6, 6.07) is 21.5. The van der Waals surface area contributed by atoms with E-state index in [-0.39, 0.29) is 35.6 Å². The number of urea groups is 2. The molecule has 4 N–H and O–H groups in total. The Morgan fingerprint density at radius 3 is 1.30 bits per heavy atom. The lowest BCUT2D eigenvalue weighted by molar-refractivity contribution is 0.174. The van der Waals surface area contributed by atoms with E-state index in [0.29, 0.717) is 24.5 Å². The number of aromatic hydroxyl groups is 2. The van der Waals surface area contributed by atoms with E-state index >= 15 is 0 Å². The molecule has 0 bridgehead atoms. The van der Waals surface area contributed by atoms with Crippen molar-refractivity contribution in [3.05, 3.63) is 83.9 Å². The first-order valence-electron chi connectivity index (χ1n) is 16.3. The van der Waals surface area contributed by atoms with Gasteiger partial charge in [-0.15, -0.1) is 0 Å². The maximum absolute atomic E-state index is 13.7. The Balaban J connectivity index is 1.35. The molecule has 2 aliphatic carbocycles. The molecule has 8 heteroatoms. The van der Waals surface area contributed by atoms with Gasteiger partial charge in [-0.1, -0.05) is 75.6 Å². The van der Waals surface area contributed by atoms with Gasteiger partial charge in [0, 0.05) is 36.5 Å². The first kappa shape index (κ1) is 31.2. The average Bonchev–Trinajstić information content (AvgIpc) is 3.47. The summed E-state index contributed by atoms with van der Waals surface area (Å²) in [5, 5.41) is 25.4. The molecule has 0 aliphatic heterocycles. The Hall–Kier alpha value is -4.20. The fourth-order valence-electron chi connectivity index (χ4n) is 6.57. The second-order valence-corrected chi connectivity index (χ2v) is 12.3. The Morgan fingerprint density at radius 1 is 0.568 bits per heavy atom. The fourth-order valence-corrected chi connectivity index (χ4v) is 6.57. The zero-order chi connectivity index (χ0) is 30.7. The van der Waals surface area contributed by atoms with Gasteiger partial charge >= 0.3 is 12.1 Å². The van der Waals surface area contributed by atoms with Crippen LogP contribution in [0.25, 0.3) is 0 Å². The van der Waals surface area contributed by atoms with Crippen LogP contribution in [0.1, 0.15) is 88.2 Å². The van der Waals surface area contributed by atoms with Crippen molar-refractivity contribution in [3.8, 4) is 11.5 Å². The van der Waals surface area contributed by atoms with Gasteiger partial charge in [-0.2, -0.15) is 0 Å². The lowest BCUT2D eigenvalue weighted by Gasteiger charge is -2.33. The average molecular weight is 599 g/mol. The third kappa shape index (κ3) is 8.91. The second kappa shape index (κ2) is 15.5. The van der Waals surface area contributed by atoms with Crippen molar-refractivity contribution in [2.45, 2.75) is 102 Å². The minimum Gasteiger partial charge on any atom is -0.508 e. The van der Waals surface area contributed by atoms with E-state index in [1.165, 1.54) is 25.7 Å². The van der Waals surface area contributed by atoms with Gasteiger partial charge in [-0.25, -0.2) is 9.59 Å². The van der Waals surface area contributed by atoms with Crippen molar-refractivity contribution >= 4 is 23.4 Å². The van der Waals surface area contributed by atoms with Gasteiger partial charge < -0.3 is 30.6 Å². The van der Waals surface area contributed by atoms with Gasteiger partial charge in [-0.05, 0) is 85.3 Å². The van der Waals surface area contributed by atoms with Crippen LogP contribution < -0.4 is 10.6 Å². The number of hydrogen-bond acceptors (Lipinski definition) is 4. The van der Waals surface area contributed by atoms with E-state index in [9.17, 15) is 19.8 Å². The van der Waals surface area contributed by atoms with Crippen molar-refractivity contribution in [2.24, 2.45) is 0 Å². The molecular formula is C36H46N4O4. The maximum Gasteiger partial charge on any atom is 0.322 e. The van der Waals surface area contributed by atoms with Crippen LogP contribution in [0, 0.1) is 0 Å². The van der Waals surface area contributed by atoms with Crippen LogP contribution in [-0.4, -0.2) is 44.2 Å². The maximum atomic E-state index is 13.7. The topological polar surface area (TPSA) is 105 Å². The monoisotopic (exact) mass is 598 g/mol. The molecule has 3 aromatic rings. The number of rotatable bonds is 8. The normalized spacial score (nSPS) is 16.4. The second-order valence-electron chi connectivity index (χ2n) is 12.3. The SMILES string of the molecule is O=C(Nc1ccc(O)cc1)N(Cc1cccc(CN(C(=O)Nc2ccc(O)cc2)C2CCCCCC2)c1)C1CCCCCC1. The number of nitrogens with one attached hydrogen (secondary N) is 2. The molecule has 3 aromatic carbocycles. The van der Waals surface area contributed by atoms with Crippen LogP contribution in [0.3, 0.4) is 0 Å². The molecule has 4 amide bonds. The quantitative estimate of drug-likeness (QED) is 0.154. The minimum atomic E-state index is -0.138.